The van der Waals surface area contributed by atoms with Gasteiger partial charge in [-0.2, -0.15) is 5.26 Å². The van der Waals surface area contributed by atoms with Crippen LogP contribution in [0.2, 0.25) is 0 Å². The van der Waals surface area contributed by atoms with Gasteiger partial charge in [-0.15, -0.1) is 0 Å². The summed E-state index contributed by atoms with van der Waals surface area (Å²) < 4.78 is 4.75. The predicted octanol–water partition coefficient (Wildman–Crippen LogP) is 0.966. The van der Waals surface area contributed by atoms with E-state index in [2.05, 4.69) is 4.99 Å². The highest BCUT2D eigenvalue weighted by atomic mass is 16.5. The fraction of sp³-hybridized carbons (Fsp3) is 0. The minimum absolute atomic E-state index is 0.208. The molecule has 0 aromatic carbocycles. The molecule has 3 heteroatoms. The van der Waals surface area contributed by atoms with E-state index in [0.29, 0.717) is 0 Å². The van der Waals surface area contributed by atoms with Crippen LogP contribution in [-0.4, -0.2) is 6.21 Å². The van der Waals surface area contributed by atoms with E-state index in [-0.39, 0.29) is 5.76 Å². The second kappa shape index (κ2) is 2.68. The lowest BCUT2D eigenvalue weighted by molar-refractivity contribution is 0.372. The van der Waals surface area contributed by atoms with Crippen molar-refractivity contribution in [2.24, 2.45) is 4.99 Å². The molecule has 1 aliphatic heterocycles. The Morgan fingerprint density at radius 3 is 3.33 bits per heavy atom. The summed E-state index contributed by atoms with van der Waals surface area (Å²) in [4.78, 5) is 3.70. The molecule has 0 unspecified atom stereocenters. The monoisotopic (exact) mass is 120 g/mol. The first-order valence-corrected chi connectivity index (χ1v) is 2.39. The Balaban J connectivity index is 2.77. The Hall–Kier alpha value is -1.56. The maximum atomic E-state index is 8.26. The van der Waals surface area contributed by atoms with E-state index in [4.69, 9.17) is 10.00 Å². The topological polar surface area (TPSA) is 45.4 Å². The van der Waals surface area contributed by atoms with E-state index in [0.717, 1.165) is 0 Å². The summed E-state index contributed by atoms with van der Waals surface area (Å²) in [6.45, 7) is 0. The van der Waals surface area contributed by atoms with Crippen LogP contribution < -0.4 is 0 Å². The molecule has 0 aromatic rings. The van der Waals surface area contributed by atoms with E-state index in [1.807, 2.05) is 6.07 Å². The third-order valence-corrected chi connectivity index (χ3v) is 0.748. The van der Waals surface area contributed by atoms with Crippen molar-refractivity contribution >= 4 is 6.21 Å². The Morgan fingerprint density at radius 2 is 2.56 bits per heavy atom. The molecule has 0 aliphatic carbocycles. The lowest BCUT2D eigenvalue weighted by Gasteiger charge is -1.88. The fourth-order valence-corrected chi connectivity index (χ4v) is 0.394. The summed E-state index contributed by atoms with van der Waals surface area (Å²) >= 11 is 0. The number of hydrogen-bond acceptors (Lipinski definition) is 3. The van der Waals surface area contributed by atoms with Crippen LogP contribution in [0.1, 0.15) is 0 Å². The molecule has 0 bridgehead atoms. The van der Waals surface area contributed by atoms with Crippen LogP contribution >= 0.6 is 0 Å². The van der Waals surface area contributed by atoms with Crippen LogP contribution in [0, 0.1) is 11.3 Å². The number of rotatable bonds is 0. The number of nitrogens with zero attached hydrogens (tertiary/aromatic N) is 2. The molecule has 1 rings (SSSR count). The molecule has 0 N–H and O–H groups in total. The predicted molar refractivity (Wildman–Crippen MR) is 32.4 cm³/mol. The molecule has 0 saturated carbocycles. The number of ether oxygens (including phenoxy) is 1. The normalized spacial score (nSPS) is 15.2. The molecule has 0 radical (unpaired) electrons. The van der Waals surface area contributed by atoms with Crippen molar-refractivity contribution in [2.75, 3.05) is 0 Å². The van der Waals surface area contributed by atoms with Crippen LogP contribution in [0.25, 0.3) is 0 Å². The molecule has 0 spiro atoms. The number of hydrogen-bond donors (Lipinski definition) is 0. The molecule has 0 amide bonds. The summed E-state index contributed by atoms with van der Waals surface area (Å²) in [6, 6.07) is 1.82. The molecule has 0 fully saturated rings. The van der Waals surface area contributed by atoms with Crippen molar-refractivity contribution in [3.8, 4) is 6.07 Å². The highest BCUT2D eigenvalue weighted by Gasteiger charge is 1.91. The van der Waals surface area contributed by atoms with Gasteiger partial charge in [-0.25, -0.2) is 0 Å². The second-order valence-electron chi connectivity index (χ2n) is 1.35. The molecule has 44 valence electrons. The van der Waals surface area contributed by atoms with Gasteiger partial charge in [0, 0.05) is 6.21 Å². The quantitative estimate of drug-likeness (QED) is 0.478. The van der Waals surface area contributed by atoms with Crippen LogP contribution in [0.4, 0.5) is 0 Å². The first kappa shape index (κ1) is 5.57. The van der Waals surface area contributed by atoms with Gasteiger partial charge in [0.05, 0.1) is 12.5 Å². The second-order valence-corrected chi connectivity index (χ2v) is 1.35. The molecule has 9 heavy (non-hydrogen) atoms. The van der Waals surface area contributed by atoms with Gasteiger partial charge in [0.25, 0.3) is 0 Å². The third kappa shape index (κ3) is 1.42. The lowest BCUT2D eigenvalue weighted by Crippen LogP contribution is -1.76. The molecule has 0 atom stereocenters. The first-order valence-electron chi connectivity index (χ1n) is 2.39. The SMILES string of the molecule is N#CC1=CN=CC=CO1. The summed E-state index contributed by atoms with van der Waals surface area (Å²) in [6.07, 6.45) is 5.93. The standard InChI is InChI=1S/C6H4N2O/c7-4-6-5-8-2-1-3-9-6/h1-3,5H. The molecule has 1 heterocycles. The van der Waals surface area contributed by atoms with Gasteiger partial charge in [-0.05, 0) is 6.08 Å². The van der Waals surface area contributed by atoms with Crippen LogP contribution in [0.5, 0.6) is 0 Å². The minimum atomic E-state index is 0.208. The molecule has 0 saturated heterocycles. The van der Waals surface area contributed by atoms with Crippen molar-refractivity contribution in [1.29, 1.82) is 5.26 Å². The minimum Gasteiger partial charge on any atom is -0.452 e. The molecular weight excluding hydrogens is 116 g/mol. The fourth-order valence-electron chi connectivity index (χ4n) is 0.394. The van der Waals surface area contributed by atoms with Crippen molar-refractivity contribution in [3.05, 3.63) is 24.3 Å². The van der Waals surface area contributed by atoms with Crippen molar-refractivity contribution in [1.82, 2.24) is 0 Å². The van der Waals surface area contributed by atoms with Gasteiger partial charge in [0.2, 0.25) is 5.76 Å². The number of aliphatic imine (C=N–C) groups is 1. The van der Waals surface area contributed by atoms with Crippen LogP contribution in [-0.2, 0) is 4.74 Å². The summed E-state index contributed by atoms with van der Waals surface area (Å²) in [7, 11) is 0. The van der Waals surface area contributed by atoms with E-state index in [1.165, 1.54) is 12.5 Å². The maximum Gasteiger partial charge on any atom is 0.221 e. The van der Waals surface area contributed by atoms with Gasteiger partial charge >= 0.3 is 0 Å². The third-order valence-electron chi connectivity index (χ3n) is 0.748. The van der Waals surface area contributed by atoms with E-state index >= 15 is 0 Å². The number of nitriles is 1. The Morgan fingerprint density at radius 1 is 1.67 bits per heavy atom. The van der Waals surface area contributed by atoms with Gasteiger partial charge < -0.3 is 4.74 Å². The molecular formula is C6H4N2O. The average molecular weight is 120 g/mol. The molecule has 1 aliphatic rings. The Bertz CT molecular complexity index is 220. The maximum absolute atomic E-state index is 8.26. The smallest absolute Gasteiger partial charge is 0.221 e. The van der Waals surface area contributed by atoms with Crippen molar-refractivity contribution in [2.45, 2.75) is 0 Å². The van der Waals surface area contributed by atoms with Gasteiger partial charge in [-0.1, -0.05) is 0 Å². The Kier molecular flexibility index (Phi) is 1.66. The highest BCUT2D eigenvalue weighted by molar-refractivity contribution is 5.71. The number of allylic oxidation sites excluding steroid dienone is 2. The van der Waals surface area contributed by atoms with E-state index in [9.17, 15) is 0 Å². The van der Waals surface area contributed by atoms with Gasteiger partial charge in [0.1, 0.15) is 6.07 Å². The summed E-state index contributed by atoms with van der Waals surface area (Å²) in [5.41, 5.74) is 0. The van der Waals surface area contributed by atoms with Gasteiger partial charge in [-0.3, -0.25) is 4.99 Å². The zero-order chi connectivity index (χ0) is 6.53. The zero-order valence-corrected chi connectivity index (χ0v) is 4.61. The van der Waals surface area contributed by atoms with Crippen LogP contribution in [0.15, 0.2) is 29.3 Å². The van der Waals surface area contributed by atoms with Crippen molar-refractivity contribution < 1.29 is 4.74 Å². The van der Waals surface area contributed by atoms with E-state index in [1.54, 1.807) is 12.3 Å². The largest absolute Gasteiger partial charge is 0.452 e. The van der Waals surface area contributed by atoms with Gasteiger partial charge in [0.15, 0.2) is 0 Å². The van der Waals surface area contributed by atoms with E-state index < -0.39 is 0 Å². The molecule has 3 nitrogen and oxygen atoms in total. The summed E-state index contributed by atoms with van der Waals surface area (Å²) in [5, 5.41) is 8.26. The Labute approximate surface area is 52.6 Å². The average Bonchev–Trinajstić information content (AvgIpc) is 2.13. The van der Waals surface area contributed by atoms with Crippen LogP contribution in [0.3, 0.4) is 0 Å². The molecule has 0 aromatic heterocycles. The summed E-state index contributed by atoms with van der Waals surface area (Å²) in [5.74, 6) is 0.208. The highest BCUT2D eigenvalue weighted by Crippen LogP contribution is 1.98. The zero-order valence-electron chi connectivity index (χ0n) is 4.61. The van der Waals surface area contributed by atoms with Crippen molar-refractivity contribution in [3.63, 3.8) is 0 Å². The lowest BCUT2D eigenvalue weighted by atomic mass is 10.6. The first-order chi connectivity index (χ1) is 4.43.